The van der Waals surface area contributed by atoms with Gasteiger partial charge >= 0.3 is 0 Å². The molecule has 1 aromatic rings. The van der Waals surface area contributed by atoms with E-state index in [1.807, 2.05) is 13.0 Å². The number of benzene rings is 1. The van der Waals surface area contributed by atoms with Crippen LogP contribution in [0.2, 0.25) is 0 Å². The summed E-state index contributed by atoms with van der Waals surface area (Å²) >= 11 is 0. The summed E-state index contributed by atoms with van der Waals surface area (Å²) in [5.74, 6) is 1.11. The largest absolute Gasteiger partial charge is 0.502 e. The third-order valence-corrected chi connectivity index (χ3v) is 2.84. The maximum absolute atomic E-state index is 9.98. The molecule has 1 aliphatic heterocycles. The van der Waals surface area contributed by atoms with Gasteiger partial charge in [0.2, 0.25) is 5.75 Å². The van der Waals surface area contributed by atoms with Gasteiger partial charge in [0.25, 0.3) is 0 Å². The Morgan fingerprint density at radius 3 is 2.71 bits per heavy atom. The third kappa shape index (κ3) is 3.03. The van der Waals surface area contributed by atoms with Crippen molar-refractivity contribution in [3.05, 3.63) is 18.2 Å². The molecule has 0 spiro atoms. The molecule has 1 aromatic carbocycles. The molecular weight excluding hydrogens is 218 g/mol. The summed E-state index contributed by atoms with van der Waals surface area (Å²) in [6.07, 6.45) is 2.12. The second kappa shape index (κ2) is 5.77. The number of hydrogen-bond acceptors (Lipinski definition) is 4. The van der Waals surface area contributed by atoms with E-state index in [2.05, 4.69) is 5.32 Å². The highest BCUT2D eigenvalue weighted by atomic mass is 16.5. The SMILES string of the molecule is CCOc1cccc(OC2CCNCC2)c1O. The Kier molecular flexibility index (Phi) is 4.09. The molecule has 0 radical (unpaired) electrons. The van der Waals surface area contributed by atoms with E-state index in [1.54, 1.807) is 12.1 Å². The van der Waals surface area contributed by atoms with Crippen molar-refractivity contribution in [3.8, 4) is 17.2 Å². The lowest BCUT2D eigenvalue weighted by Crippen LogP contribution is -2.34. The smallest absolute Gasteiger partial charge is 0.200 e. The van der Waals surface area contributed by atoms with Crippen LogP contribution in [-0.2, 0) is 0 Å². The molecule has 2 N–H and O–H groups in total. The number of piperidine rings is 1. The van der Waals surface area contributed by atoms with Gasteiger partial charge in [-0.1, -0.05) is 6.07 Å². The van der Waals surface area contributed by atoms with Crippen LogP contribution >= 0.6 is 0 Å². The summed E-state index contributed by atoms with van der Waals surface area (Å²) in [4.78, 5) is 0. The molecule has 94 valence electrons. The number of nitrogens with one attached hydrogen (secondary N) is 1. The summed E-state index contributed by atoms with van der Waals surface area (Å²) in [5.41, 5.74) is 0. The molecule has 1 saturated heterocycles. The number of ether oxygens (including phenoxy) is 2. The molecule has 2 rings (SSSR count). The van der Waals surface area contributed by atoms with Crippen molar-refractivity contribution in [2.45, 2.75) is 25.9 Å². The zero-order valence-electron chi connectivity index (χ0n) is 10.1. The van der Waals surface area contributed by atoms with Crippen LogP contribution in [0.5, 0.6) is 17.2 Å². The molecule has 0 bridgehead atoms. The number of para-hydroxylation sites is 1. The summed E-state index contributed by atoms with van der Waals surface area (Å²) in [6.45, 7) is 4.36. The number of aromatic hydroxyl groups is 1. The fourth-order valence-electron chi connectivity index (χ4n) is 1.96. The first-order valence-electron chi connectivity index (χ1n) is 6.13. The average Bonchev–Trinajstić information content (AvgIpc) is 2.36. The normalized spacial score (nSPS) is 16.8. The van der Waals surface area contributed by atoms with Gasteiger partial charge in [0.05, 0.1) is 6.61 Å². The van der Waals surface area contributed by atoms with E-state index in [-0.39, 0.29) is 11.9 Å². The molecule has 1 aliphatic rings. The van der Waals surface area contributed by atoms with Crippen LogP contribution in [0.1, 0.15) is 19.8 Å². The standard InChI is InChI=1S/C13H19NO3/c1-2-16-11-4-3-5-12(13(11)15)17-10-6-8-14-9-7-10/h3-5,10,14-15H,2,6-9H2,1H3. The summed E-state index contributed by atoms with van der Waals surface area (Å²) in [7, 11) is 0. The van der Waals surface area contributed by atoms with Crippen LogP contribution in [0, 0.1) is 0 Å². The van der Waals surface area contributed by atoms with Crippen molar-refractivity contribution in [2.75, 3.05) is 19.7 Å². The Morgan fingerprint density at radius 2 is 2.00 bits per heavy atom. The predicted molar refractivity (Wildman–Crippen MR) is 65.8 cm³/mol. The first-order valence-corrected chi connectivity index (χ1v) is 6.13. The lowest BCUT2D eigenvalue weighted by molar-refractivity contribution is 0.155. The van der Waals surface area contributed by atoms with E-state index >= 15 is 0 Å². The second-order valence-corrected chi connectivity index (χ2v) is 4.10. The molecule has 4 heteroatoms. The van der Waals surface area contributed by atoms with Crippen LogP contribution in [0.15, 0.2) is 18.2 Å². The molecule has 0 atom stereocenters. The van der Waals surface area contributed by atoms with E-state index in [4.69, 9.17) is 9.47 Å². The minimum Gasteiger partial charge on any atom is -0.502 e. The van der Waals surface area contributed by atoms with Gasteiger partial charge < -0.3 is 19.9 Å². The van der Waals surface area contributed by atoms with Crippen LogP contribution < -0.4 is 14.8 Å². The number of phenols is 1. The van der Waals surface area contributed by atoms with Gasteiger partial charge in [0, 0.05) is 0 Å². The maximum atomic E-state index is 9.98. The average molecular weight is 237 g/mol. The van der Waals surface area contributed by atoms with Crippen molar-refractivity contribution in [1.82, 2.24) is 5.32 Å². The van der Waals surface area contributed by atoms with Crippen LogP contribution in [0.4, 0.5) is 0 Å². The Balaban J connectivity index is 2.06. The minimum atomic E-state index is 0.105. The molecule has 1 heterocycles. The van der Waals surface area contributed by atoms with Crippen molar-refractivity contribution in [1.29, 1.82) is 0 Å². The molecule has 4 nitrogen and oxygen atoms in total. The monoisotopic (exact) mass is 237 g/mol. The quantitative estimate of drug-likeness (QED) is 0.840. The number of phenolic OH excluding ortho intramolecular Hbond substituents is 1. The van der Waals surface area contributed by atoms with E-state index < -0.39 is 0 Å². The highest BCUT2D eigenvalue weighted by Gasteiger charge is 2.17. The zero-order chi connectivity index (χ0) is 12.1. The predicted octanol–water partition coefficient (Wildman–Crippen LogP) is 1.92. The zero-order valence-corrected chi connectivity index (χ0v) is 10.1. The first kappa shape index (κ1) is 12.0. The molecule has 0 amide bonds. The summed E-state index contributed by atoms with van der Waals surface area (Å²) in [5, 5.41) is 13.3. The Bertz CT molecular complexity index is 362. The molecule has 0 saturated carbocycles. The highest BCUT2D eigenvalue weighted by Crippen LogP contribution is 2.36. The van der Waals surface area contributed by atoms with E-state index in [1.165, 1.54) is 0 Å². The van der Waals surface area contributed by atoms with E-state index in [9.17, 15) is 5.11 Å². The topological polar surface area (TPSA) is 50.7 Å². The molecule has 1 fully saturated rings. The molecule has 0 aromatic heterocycles. The Hall–Kier alpha value is -1.42. The summed E-state index contributed by atoms with van der Waals surface area (Å²) in [6, 6.07) is 5.36. The van der Waals surface area contributed by atoms with Crippen LogP contribution in [0.3, 0.4) is 0 Å². The Morgan fingerprint density at radius 1 is 1.29 bits per heavy atom. The van der Waals surface area contributed by atoms with Gasteiger partial charge in [-0.2, -0.15) is 0 Å². The lowest BCUT2D eigenvalue weighted by atomic mass is 10.1. The highest BCUT2D eigenvalue weighted by molar-refractivity contribution is 5.49. The molecule has 0 aliphatic carbocycles. The van der Waals surface area contributed by atoms with Gasteiger partial charge in [0.15, 0.2) is 11.5 Å². The van der Waals surface area contributed by atoms with E-state index in [0.29, 0.717) is 18.1 Å². The fourth-order valence-corrected chi connectivity index (χ4v) is 1.96. The van der Waals surface area contributed by atoms with Crippen molar-refractivity contribution in [3.63, 3.8) is 0 Å². The Labute approximate surface area is 102 Å². The molecule has 0 unspecified atom stereocenters. The summed E-state index contributed by atoms with van der Waals surface area (Å²) < 4.78 is 11.1. The van der Waals surface area contributed by atoms with Gasteiger partial charge in [-0.3, -0.25) is 0 Å². The molecular formula is C13H19NO3. The van der Waals surface area contributed by atoms with Gasteiger partial charge in [-0.05, 0) is 45.0 Å². The maximum Gasteiger partial charge on any atom is 0.200 e. The van der Waals surface area contributed by atoms with Crippen molar-refractivity contribution >= 4 is 0 Å². The van der Waals surface area contributed by atoms with Gasteiger partial charge in [-0.15, -0.1) is 0 Å². The van der Waals surface area contributed by atoms with Crippen molar-refractivity contribution < 1.29 is 14.6 Å². The number of hydrogen-bond donors (Lipinski definition) is 2. The van der Waals surface area contributed by atoms with Crippen LogP contribution in [-0.4, -0.2) is 30.9 Å². The van der Waals surface area contributed by atoms with Crippen LogP contribution in [0.25, 0.3) is 0 Å². The van der Waals surface area contributed by atoms with Gasteiger partial charge in [0.1, 0.15) is 6.10 Å². The fraction of sp³-hybridized carbons (Fsp3) is 0.538. The van der Waals surface area contributed by atoms with Crippen molar-refractivity contribution in [2.24, 2.45) is 0 Å². The molecule has 17 heavy (non-hydrogen) atoms. The minimum absolute atomic E-state index is 0.105. The van der Waals surface area contributed by atoms with Gasteiger partial charge in [-0.25, -0.2) is 0 Å². The number of rotatable bonds is 4. The first-order chi connectivity index (χ1) is 8.31. The third-order valence-electron chi connectivity index (χ3n) is 2.84. The second-order valence-electron chi connectivity index (χ2n) is 4.10. The lowest BCUT2D eigenvalue weighted by Gasteiger charge is -2.24. The van der Waals surface area contributed by atoms with E-state index in [0.717, 1.165) is 25.9 Å².